The van der Waals surface area contributed by atoms with Gasteiger partial charge in [-0.1, -0.05) is 11.6 Å². The maximum atomic E-state index is 12.3. The normalized spacial score (nSPS) is 16.9. The quantitative estimate of drug-likeness (QED) is 0.882. The Morgan fingerprint density at radius 1 is 1.22 bits per heavy atom. The van der Waals surface area contributed by atoms with Gasteiger partial charge in [0.1, 0.15) is 6.61 Å². The molecule has 0 radical (unpaired) electrons. The van der Waals surface area contributed by atoms with E-state index in [1.54, 1.807) is 29.2 Å². The molecular weight excluding hydrogens is 318 g/mol. The van der Waals surface area contributed by atoms with Crippen molar-refractivity contribution in [2.24, 2.45) is 0 Å². The van der Waals surface area contributed by atoms with Crippen molar-refractivity contribution in [3.05, 3.63) is 29.3 Å². The number of carbonyl (C=O) groups excluding carboxylic acids is 2. The van der Waals surface area contributed by atoms with Crippen molar-refractivity contribution in [3.63, 3.8) is 0 Å². The number of halogens is 1. The maximum absolute atomic E-state index is 12.3. The smallest absolute Gasteiger partial charge is 0.248 e. The summed E-state index contributed by atoms with van der Waals surface area (Å²) >= 11 is 5.83. The summed E-state index contributed by atoms with van der Waals surface area (Å²) in [6.45, 7) is 4.54. The molecular formula is C16H22ClN3O3. The summed E-state index contributed by atoms with van der Waals surface area (Å²) in [5, 5.41) is 3.51. The number of hydrogen-bond donors (Lipinski definition) is 1. The fourth-order valence-electron chi connectivity index (χ4n) is 2.52. The van der Waals surface area contributed by atoms with Gasteiger partial charge in [-0.2, -0.15) is 0 Å². The zero-order valence-electron chi connectivity index (χ0n) is 13.4. The Morgan fingerprint density at radius 2 is 1.83 bits per heavy atom. The highest BCUT2D eigenvalue weighted by molar-refractivity contribution is 6.30. The SMILES string of the molecule is COCC(=O)N1CCN(C(C)C(=O)Nc2ccc(Cl)cc2)CC1. The van der Waals surface area contributed by atoms with E-state index >= 15 is 0 Å². The number of carbonyl (C=O) groups is 2. The third-order valence-corrected chi connectivity index (χ3v) is 4.23. The van der Waals surface area contributed by atoms with Crippen LogP contribution in [-0.2, 0) is 14.3 Å². The molecule has 1 atom stereocenters. The fourth-order valence-corrected chi connectivity index (χ4v) is 2.65. The topological polar surface area (TPSA) is 61.9 Å². The predicted octanol–water partition coefficient (Wildman–Crippen LogP) is 1.46. The van der Waals surface area contributed by atoms with E-state index in [0.717, 1.165) is 5.69 Å². The van der Waals surface area contributed by atoms with Gasteiger partial charge in [-0.3, -0.25) is 14.5 Å². The average Bonchev–Trinajstić information content (AvgIpc) is 2.56. The van der Waals surface area contributed by atoms with Crippen LogP contribution in [0.4, 0.5) is 5.69 Å². The molecule has 1 aliphatic rings. The van der Waals surface area contributed by atoms with Crippen LogP contribution in [0.1, 0.15) is 6.92 Å². The molecule has 0 bridgehead atoms. The fraction of sp³-hybridized carbons (Fsp3) is 0.500. The van der Waals surface area contributed by atoms with Crippen LogP contribution < -0.4 is 5.32 Å². The van der Waals surface area contributed by atoms with Crippen LogP contribution in [0.2, 0.25) is 5.02 Å². The molecule has 1 heterocycles. The highest BCUT2D eigenvalue weighted by Crippen LogP contribution is 2.15. The molecule has 1 saturated heterocycles. The van der Waals surface area contributed by atoms with Gasteiger partial charge < -0.3 is 15.0 Å². The van der Waals surface area contributed by atoms with Crippen molar-refractivity contribution in [1.29, 1.82) is 0 Å². The molecule has 1 N–H and O–H groups in total. The Morgan fingerprint density at radius 3 is 2.39 bits per heavy atom. The Labute approximate surface area is 141 Å². The van der Waals surface area contributed by atoms with Crippen LogP contribution in [0.15, 0.2) is 24.3 Å². The van der Waals surface area contributed by atoms with E-state index in [0.29, 0.717) is 31.2 Å². The average molecular weight is 340 g/mol. The lowest BCUT2D eigenvalue weighted by Crippen LogP contribution is -2.54. The van der Waals surface area contributed by atoms with Crippen molar-refractivity contribution in [2.75, 3.05) is 45.2 Å². The third kappa shape index (κ3) is 4.92. The number of piperazine rings is 1. The number of rotatable bonds is 5. The monoisotopic (exact) mass is 339 g/mol. The first-order valence-corrected chi connectivity index (χ1v) is 7.96. The summed E-state index contributed by atoms with van der Waals surface area (Å²) in [6.07, 6.45) is 0. The highest BCUT2D eigenvalue weighted by atomic mass is 35.5. The summed E-state index contributed by atoms with van der Waals surface area (Å²) in [7, 11) is 1.51. The van der Waals surface area contributed by atoms with Crippen LogP contribution in [0.5, 0.6) is 0 Å². The van der Waals surface area contributed by atoms with Crippen molar-refractivity contribution < 1.29 is 14.3 Å². The third-order valence-electron chi connectivity index (χ3n) is 3.97. The zero-order chi connectivity index (χ0) is 16.8. The number of amides is 2. The van der Waals surface area contributed by atoms with Crippen LogP contribution in [0.25, 0.3) is 0 Å². The van der Waals surface area contributed by atoms with E-state index in [4.69, 9.17) is 16.3 Å². The number of anilines is 1. The second kappa shape index (κ2) is 8.29. The van der Waals surface area contributed by atoms with Gasteiger partial charge in [-0.15, -0.1) is 0 Å². The largest absolute Gasteiger partial charge is 0.375 e. The minimum atomic E-state index is -0.259. The van der Waals surface area contributed by atoms with Gasteiger partial charge in [0.15, 0.2) is 0 Å². The molecule has 1 aliphatic heterocycles. The van der Waals surface area contributed by atoms with E-state index in [1.165, 1.54) is 7.11 Å². The van der Waals surface area contributed by atoms with E-state index in [1.807, 2.05) is 6.92 Å². The number of nitrogens with one attached hydrogen (secondary N) is 1. The van der Waals surface area contributed by atoms with Gasteiger partial charge in [0.2, 0.25) is 11.8 Å². The van der Waals surface area contributed by atoms with Gasteiger partial charge >= 0.3 is 0 Å². The molecule has 0 aromatic heterocycles. The number of methoxy groups -OCH3 is 1. The zero-order valence-corrected chi connectivity index (χ0v) is 14.2. The molecule has 23 heavy (non-hydrogen) atoms. The first-order valence-electron chi connectivity index (χ1n) is 7.58. The van der Waals surface area contributed by atoms with E-state index < -0.39 is 0 Å². The summed E-state index contributed by atoms with van der Waals surface area (Å²) in [6, 6.07) is 6.76. The van der Waals surface area contributed by atoms with Crippen molar-refractivity contribution in [3.8, 4) is 0 Å². The maximum Gasteiger partial charge on any atom is 0.248 e. The predicted molar refractivity (Wildman–Crippen MR) is 89.6 cm³/mol. The molecule has 2 amide bonds. The van der Waals surface area contributed by atoms with Crippen molar-refractivity contribution >= 4 is 29.1 Å². The van der Waals surface area contributed by atoms with Crippen LogP contribution in [-0.4, -0.2) is 67.6 Å². The Balaban J connectivity index is 1.84. The second-order valence-corrected chi connectivity index (χ2v) is 5.96. The van der Waals surface area contributed by atoms with Crippen LogP contribution >= 0.6 is 11.6 Å². The van der Waals surface area contributed by atoms with Gasteiger partial charge in [-0.05, 0) is 31.2 Å². The minimum Gasteiger partial charge on any atom is -0.375 e. The lowest BCUT2D eigenvalue weighted by Gasteiger charge is -2.37. The summed E-state index contributed by atoms with van der Waals surface area (Å²) < 4.78 is 4.87. The standard InChI is InChI=1S/C16H22ClN3O3/c1-12(16(22)18-14-5-3-13(17)4-6-14)19-7-9-20(10-8-19)15(21)11-23-2/h3-6,12H,7-11H2,1-2H3,(H,18,22). The van der Waals surface area contributed by atoms with Gasteiger partial charge in [0.05, 0.1) is 6.04 Å². The van der Waals surface area contributed by atoms with Gasteiger partial charge in [0.25, 0.3) is 0 Å². The van der Waals surface area contributed by atoms with Crippen LogP contribution in [0, 0.1) is 0 Å². The van der Waals surface area contributed by atoms with E-state index in [-0.39, 0.29) is 24.5 Å². The Hall–Kier alpha value is -1.63. The van der Waals surface area contributed by atoms with Gasteiger partial charge in [0, 0.05) is 44.0 Å². The van der Waals surface area contributed by atoms with Crippen molar-refractivity contribution in [2.45, 2.75) is 13.0 Å². The Bertz CT molecular complexity index is 542. The molecule has 0 saturated carbocycles. The number of benzene rings is 1. The Kier molecular flexibility index (Phi) is 6.38. The van der Waals surface area contributed by atoms with Crippen LogP contribution in [0.3, 0.4) is 0 Å². The molecule has 0 aliphatic carbocycles. The first-order chi connectivity index (χ1) is 11.0. The molecule has 1 aromatic carbocycles. The highest BCUT2D eigenvalue weighted by Gasteiger charge is 2.27. The molecule has 1 aromatic rings. The second-order valence-electron chi connectivity index (χ2n) is 5.52. The summed E-state index contributed by atoms with van der Waals surface area (Å²) in [5.74, 6) is -0.0746. The first kappa shape index (κ1) is 17.7. The number of ether oxygens (including phenoxy) is 1. The summed E-state index contributed by atoms with van der Waals surface area (Å²) in [4.78, 5) is 27.9. The molecule has 2 rings (SSSR count). The minimum absolute atomic E-state index is 0.00887. The number of hydrogen-bond acceptors (Lipinski definition) is 4. The van der Waals surface area contributed by atoms with E-state index in [9.17, 15) is 9.59 Å². The summed E-state index contributed by atoms with van der Waals surface area (Å²) in [5.41, 5.74) is 0.722. The molecule has 126 valence electrons. The molecule has 6 nitrogen and oxygen atoms in total. The van der Waals surface area contributed by atoms with Gasteiger partial charge in [-0.25, -0.2) is 0 Å². The molecule has 7 heteroatoms. The molecule has 1 fully saturated rings. The lowest BCUT2D eigenvalue weighted by atomic mass is 10.2. The molecule has 1 unspecified atom stereocenters. The lowest BCUT2D eigenvalue weighted by molar-refractivity contribution is -0.137. The molecule has 0 spiro atoms. The van der Waals surface area contributed by atoms with E-state index in [2.05, 4.69) is 10.2 Å². The number of nitrogens with zero attached hydrogens (tertiary/aromatic N) is 2. The van der Waals surface area contributed by atoms with Crippen molar-refractivity contribution in [1.82, 2.24) is 9.80 Å².